The summed E-state index contributed by atoms with van der Waals surface area (Å²) in [7, 11) is 0. The van der Waals surface area contributed by atoms with Gasteiger partial charge in [0.25, 0.3) is 0 Å². The summed E-state index contributed by atoms with van der Waals surface area (Å²) in [6.45, 7) is 8.40. The highest BCUT2D eigenvalue weighted by molar-refractivity contribution is 6.33. The second-order valence-electron chi connectivity index (χ2n) is 10.1. The van der Waals surface area contributed by atoms with E-state index in [2.05, 4.69) is 37.5 Å². The largest absolute Gasteiger partial charge is 0.319 e. The van der Waals surface area contributed by atoms with E-state index in [1.165, 1.54) is 0 Å². The fourth-order valence-electron chi connectivity index (χ4n) is 4.99. The standard InChI is InChI=1S/C32H35ClN8O2/c1-4-7-13-28-35-31(33)29(30(42)27-17-15-23(19-34-27)20-40(5-2)43-6-3)41(28)21-22-14-16-25(24-11-9-8-10-12-24)26(18-22)32-36-38-39-37-32/h8-12,14-19H,4-7,13,20-21H2,1-3H3,(H,36,37,38,39). The fraction of sp³-hybridized carbons (Fsp3) is 0.312. The Kier molecular flexibility index (Phi) is 10.0. The molecular formula is C32H35ClN8O2. The van der Waals surface area contributed by atoms with Crippen molar-refractivity contribution in [1.29, 1.82) is 0 Å². The van der Waals surface area contributed by atoms with E-state index < -0.39 is 0 Å². The van der Waals surface area contributed by atoms with Crippen molar-refractivity contribution in [2.45, 2.75) is 53.1 Å². The topological polar surface area (TPSA) is 115 Å². The lowest BCUT2D eigenvalue weighted by atomic mass is 9.97. The van der Waals surface area contributed by atoms with Crippen LogP contribution in [0.2, 0.25) is 5.15 Å². The number of nitrogens with zero attached hydrogens (tertiary/aromatic N) is 7. The Labute approximate surface area is 256 Å². The van der Waals surface area contributed by atoms with Crippen molar-refractivity contribution in [2.75, 3.05) is 13.2 Å². The molecule has 0 saturated carbocycles. The van der Waals surface area contributed by atoms with E-state index in [0.717, 1.165) is 53.0 Å². The molecular weight excluding hydrogens is 564 g/mol. The van der Waals surface area contributed by atoms with Gasteiger partial charge in [0.15, 0.2) is 5.15 Å². The van der Waals surface area contributed by atoms with Crippen LogP contribution in [0.15, 0.2) is 66.9 Å². The molecule has 2 aromatic carbocycles. The van der Waals surface area contributed by atoms with E-state index >= 15 is 0 Å². The third-order valence-electron chi connectivity index (χ3n) is 7.15. The first kappa shape index (κ1) is 30.2. The zero-order valence-corrected chi connectivity index (χ0v) is 25.4. The molecule has 11 heteroatoms. The van der Waals surface area contributed by atoms with Crippen LogP contribution in [-0.4, -0.2) is 59.2 Å². The monoisotopic (exact) mass is 598 g/mol. The molecule has 0 spiro atoms. The van der Waals surface area contributed by atoms with Crippen molar-refractivity contribution in [3.8, 4) is 22.5 Å². The van der Waals surface area contributed by atoms with E-state index in [1.807, 2.05) is 78.1 Å². The predicted molar refractivity (Wildman–Crippen MR) is 165 cm³/mol. The van der Waals surface area contributed by atoms with Crippen molar-refractivity contribution in [1.82, 2.24) is 40.2 Å². The van der Waals surface area contributed by atoms with Gasteiger partial charge in [-0.15, -0.1) is 10.2 Å². The number of carbonyl (C=O) groups excluding carboxylic acids is 1. The molecule has 3 heterocycles. The van der Waals surface area contributed by atoms with Crippen LogP contribution in [0.1, 0.15) is 66.7 Å². The van der Waals surface area contributed by atoms with E-state index in [1.54, 1.807) is 12.3 Å². The highest BCUT2D eigenvalue weighted by Crippen LogP contribution is 2.32. The summed E-state index contributed by atoms with van der Waals surface area (Å²) in [5, 5.41) is 16.9. The second kappa shape index (κ2) is 14.3. The first-order chi connectivity index (χ1) is 21.0. The van der Waals surface area contributed by atoms with E-state index in [0.29, 0.717) is 43.3 Å². The van der Waals surface area contributed by atoms with Crippen LogP contribution < -0.4 is 0 Å². The predicted octanol–water partition coefficient (Wildman–Crippen LogP) is 6.17. The van der Waals surface area contributed by atoms with Gasteiger partial charge in [-0.2, -0.15) is 10.3 Å². The molecule has 10 nitrogen and oxygen atoms in total. The van der Waals surface area contributed by atoms with Gasteiger partial charge in [0.1, 0.15) is 17.2 Å². The van der Waals surface area contributed by atoms with Crippen LogP contribution in [-0.2, 0) is 24.3 Å². The number of benzene rings is 2. The third kappa shape index (κ3) is 7.05. The molecule has 5 rings (SSSR count). The number of hydrogen-bond donors (Lipinski definition) is 1. The van der Waals surface area contributed by atoms with Gasteiger partial charge in [-0.1, -0.05) is 80.4 Å². The van der Waals surface area contributed by atoms with E-state index in [4.69, 9.17) is 16.4 Å². The van der Waals surface area contributed by atoms with Gasteiger partial charge in [0.2, 0.25) is 11.6 Å². The number of nitrogens with one attached hydrogen (secondary N) is 1. The minimum absolute atomic E-state index is 0.176. The summed E-state index contributed by atoms with van der Waals surface area (Å²) in [6, 6.07) is 19.8. The fourth-order valence-corrected chi connectivity index (χ4v) is 5.28. The summed E-state index contributed by atoms with van der Waals surface area (Å²) in [4.78, 5) is 28.6. The van der Waals surface area contributed by atoms with Crippen LogP contribution in [0.4, 0.5) is 0 Å². The number of tetrazole rings is 1. The molecule has 0 saturated heterocycles. The average Bonchev–Trinajstić information content (AvgIpc) is 3.68. The van der Waals surface area contributed by atoms with Gasteiger partial charge in [0.05, 0.1) is 13.2 Å². The lowest BCUT2D eigenvalue weighted by Crippen LogP contribution is -2.23. The Hall–Kier alpha value is -4.25. The normalized spacial score (nSPS) is 11.4. The number of imidazole rings is 1. The molecule has 0 bridgehead atoms. The smallest absolute Gasteiger partial charge is 0.230 e. The number of H-pyrrole nitrogens is 1. The Bertz CT molecular complexity index is 1640. The summed E-state index contributed by atoms with van der Waals surface area (Å²) < 4.78 is 1.92. The summed E-state index contributed by atoms with van der Waals surface area (Å²) in [5.41, 5.74) is 5.37. The Morgan fingerprint density at radius 3 is 2.51 bits per heavy atom. The lowest BCUT2D eigenvalue weighted by Gasteiger charge is -2.18. The number of aromatic amines is 1. The van der Waals surface area contributed by atoms with Crippen molar-refractivity contribution in [2.24, 2.45) is 0 Å². The quantitative estimate of drug-likeness (QED) is 0.119. The van der Waals surface area contributed by atoms with Gasteiger partial charge in [0, 0.05) is 31.3 Å². The van der Waals surface area contributed by atoms with Crippen molar-refractivity contribution >= 4 is 17.4 Å². The maximum Gasteiger partial charge on any atom is 0.230 e. The Morgan fingerprint density at radius 2 is 1.84 bits per heavy atom. The van der Waals surface area contributed by atoms with Crippen molar-refractivity contribution in [3.63, 3.8) is 0 Å². The molecule has 5 aromatic rings. The van der Waals surface area contributed by atoms with Crippen LogP contribution in [0, 0.1) is 0 Å². The molecule has 43 heavy (non-hydrogen) atoms. The minimum atomic E-state index is -0.275. The number of carbonyl (C=O) groups is 1. The molecule has 1 N–H and O–H groups in total. The Balaban J connectivity index is 1.50. The number of halogens is 1. The van der Waals surface area contributed by atoms with Crippen LogP contribution >= 0.6 is 11.6 Å². The van der Waals surface area contributed by atoms with Gasteiger partial charge < -0.3 is 4.57 Å². The van der Waals surface area contributed by atoms with Gasteiger partial charge in [-0.05, 0) is 52.9 Å². The number of pyridine rings is 1. The average molecular weight is 599 g/mol. The summed E-state index contributed by atoms with van der Waals surface area (Å²) in [6.07, 6.45) is 4.31. The molecule has 0 atom stereocenters. The van der Waals surface area contributed by atoms with E-state index in [-0.39, 0.29) is 10.9 Å². The molecule has 0 aliphatic heterocycles. The first-order valence-corrected chi connectivity index (χ1v) is 14.9. The zero-order chi connectivity index (χ0) is 30.2. The molecule has 0 fully saturated rings. The first-order valence-electron chi connectivity index (χ1n) is 14.6. The van der Waals surface area contributed by atoms with Crippen LogP contribution in [0.5, 0.6) is 0 Å². The van der Waals surface area contributed by atoms with Crippen molar-refractivity contribution in [3.05, 3.63) is 100 Å². The Morgan fingerprint density at radius 1 is 1.02 bits per heavy atom. The maximum atomic E-state index is 13.9. The highest BCUT2D eigenvalue weighted by Gasteiger charge is 2.25. The summed E-state index contributed by atoms with van der Waals surface area (Å²) >= 11 is 6.68. The number of aryl methyl sites for hydroxylation is 1. The van der Waals surface area contributed by atoms with Gasteiger partial charge in [-0.3, -0.25) is 14.6 Å². The number of hydrogen-bond acceptors (Lipinski definition) is 8. The number of hydroxylamine groups is 2. The second-order valence-corrected chi connectivity index (χ2v) is 10.5. The highest BCUT2D eigenvalue weighted by atomic mass is 35.5. The van der Waals surface area contributed by atoms with E-state index in [9.17, 15) is 4.79 Å². The molecule has 0 aliphatic rings. The lowest BCUT2D eigenvalue weighted by molar-refractivity contribution is -0.158. The zero-order valence-electron chi connectivity index (χ0n) is 24.6. The minimum Gasteiger partial charge on any atom is -0.319 e. The number of rotatable bonds is 14. The number of aromatic nitrogens is 7. The number of ketones is 1. The van der Waals surface area contributed by atoms with Crippen molar-refractivity contribution < 1.29 is 9.63 Å². The molecule has 222 valence electrons. The SMILES string of the molecule is CCCCc1nc(Cl)c(C(=O)c2ccc(CN(CC)OCC)cn2)n1Cc1ccc(-c2ccccc2)c(-c2nn[nH]n2)c1. The molecule has 0 unspecified atom stereocenters. The third-order valence-corrected chi connectivity index (χ3v) is 7.41. The molecule has 0 aliphatic carbocycles. The van der Waals surface area contributed by atoms with Crippen LogP contribution in [0.3, 0.4) is 0 Å². The van der Waals surface area contributed by atoms with Crippen LogP contribution in [0.25, 0.3) is 22.5 Å². The van der Waals surface area contributed by atoms with Gasteiger partial charge >= 0.3 is 0 Å². The molecule has 3 aromatic heterocycles. The van der Waals surface area contributed by atoms with Gasteiger partial charge in [-0.25, -0.2) is 4.98 Å². The summed E-state index contributed by atoms with van der Waals surface area (Å²) in [5.74, 6) is 0.973. The molecule has 0 amide bonds. The number of unbranched alkanes of at least 4 members (excludes halogenated alkanes) is 1. The molecule has 0 radical (unpaired) electrons. The maximum absolute atomic E-state index is 13.9.